The maximum atomic E-state index is 5.99. The van der Waals surface area contributed by atoms with Gasteiger partial charge in [0.15, 0.2) is 0 Å². The van der Waals surface area contributed by atoms with E-state index >= 15 is 0 Å². The van der Waals surface area contributed by atoms with Crippen molar-refractivity contribution in [1.29, 1.82) is 0 Å². The summed E-state index contributed by atoms with van der Waals surface area (Å²) in [5.41, 5.74) is 14.1. The molecule has 0 atom stereocenters. The van der Waals surface area contributed by atoms with E-state index in [0.29, 0.717) is 10.7 Å². The zero-order chi connectivity index (χ0) is 13.7. The van der Waals surface area contributed by atoms with E-state index in [4.69, 9.17) is 23.1 Å². The second kappa shape index (κ2) is 6.73. The first kappa shape index (κ1) is 14.1. The molecule has 0 heterocycles. The van der Waals surface area contributed by atoms with Crippen LogP contribution < -0.4 is 11.5 Å². The maximum Gasteiger partial charge on any atom is 0.0646 e. The van der Waals surface area contributed by atoms with Crippen LogP contribution in [0.25, 0.3) is 0 Å². The molecular weight excluding hydrogens is 276 g/mol. The number of anilines is 2. The van der Waals surface area contributed by atoms with Crippen molar-refractivity contribution in [3.8, 4) is 0 Å². The van der Waals surface area contributed by atoms with Crippen LogP contribution in [-0.4, -0.2) is 5.75 Å². The summed E-state index contributed by atoms with van der Waals surface area (Å²) < 4.78 is 0. The van der Waals surface area contributed by atoms with E-state index in [1.807, 2.05) is 30.3 Å². The number of hydrogen-bond acceptors (Lipinski definition) is 3. The Bertz CT molecular complexity index is 540. The van der Waals surface area contributed by atoms with Crippen LogP contribution in [-0.2, 0) is 6.42 Å². The molecule has 4 heteroatoms. The Morgan fingerprint density at radius 2 is 1.74 bits per heavy atom. The Morgan fingerprint density at radius 3 is 2.42 bits per heavy atom. The molecule has 0 aromatic heterocycles. The summed E-state index contributed by atoms with van der Waals surface area (Å²) in [5.74, 6) is 1.06. The van der Waals surface area contributed by atoms with E-state index in [2.05, 4.69) is 12.1 Å². The molecule has 0 radical (unpaired) electrons. The molecule has 19 heavy (non-hydrogen) atoms. The fraction of sp³-hybridized carbons (Fsp3) is 0.200. The first-order valence-electron chi connectivity index (χ1n) is 6.17. The SMILES string of the molecule is Nc1ccc(CCCSc2ccc(N)c(Cl)c2)cc1. The molecule has 2 rings (SSSR count). The molecule has 0 amide bonds. The van der Waals surface area contributed by atoms with Crippen LogP contribution in [0.5, 0.6) is 0 Å². The first-order valence-corrected chi connectivity index (χ1v) is 7.54. The smallest absolute Gasteiger partial charge is 0.0646 e. The highest BCUT2D eigenvalue weighted by atomic mass is 35.5. The van der Waals surface area contributed by atoms with Gasteiger partial charge in [-0.2, -0.15) is 0 Å². The Balaban J connectivity index is 1.77. The average molecular weight is 293 g/mol. The van der Waals surface area contributed by atoms with Gasteiger partial charge in [0.1, 0.15) is 0 Å². The van der Waals surface area contributed by atoms with Crippen LogP contribution >= 0.6 is 23.4 Å². The van der Waals surface area contributed by atoms with Crippen LogP contribution in [0.1, 0.15) is 12.0 Å². The summed E-state index contributed by atoms with van der Waals surface area (Å²) >= 11 is 7.79. The van der Waals surface area contributed by atoms with Crippen LogP contribution in [0.4, 0.5) is 11.4 Å². The van der Waals surface area contributed by atoms with Crippen molar-refractivity contribution in [2.75, 3.05) is 17.2 Å². The molecule has 0 aliphatic carbocycles. The maximum absolute atomic E-state index is 5.99. The average Bonchev–Trinajstić information content (AvgIpc) is 2.41. The largest absolute Gasteiger partial charge is 0.399 e. The van der Waals surface area contributed by atoms with Crippen molar-refractivity contribution >= 4 is 34.7 Å². The van der Waals surface area contributed by atoms with Crippen LogP contribution in [0.15, 0.2) is 47.4 Å². The Kier molecular flexibility index (Phi) is 5.00. The molecule has 2 aromatic rings. The zero-order valence-corrected chi connectivity index (χ0v) is 12.2. The number of nitrogen functional groups attached to an aromatic ring is 2. The fourth-order valence-electron chi connectivity index (χ4n) is 1.75. The van der Waals surface area contributed by atoms with Gasteiger partial charge in [-0.05, 0) is 54.5 Å². The first-order chi connectivity index (χ1) is 9.15. The quantitative estimate of drug-likeness (QED) is 0.492. The number of hydrogen-bond donors (Lipinski definition) is 2. The summed E-state index contributed by atoms with van der Waals surface area (Å²) in [6.07, 6.45) is 2.19. The number of aryl methyl sites for hydroxylation is 1. The molecule has 4 N–H and O–H groups in total. The summed E-state index contributed by atoms with van der Waals surface area (Å²) in [5, 5.41) is 0.628. The van der Waals surface area contributed by atoms with Crippen molar-refractivity contribution in [1.82, 2.24) is 0 Å². The number of rotatable bonds is 5. The van der Waals surface area contributed by atoms with Gasteiger partial charge < -0.3 is 11.5 Å². The van der Waals surface area contributed by atoms with Crippen LogP contribution in [0, 0.1) is 0 Å². The van der Waals surface area contributed by atoms with Gasteiger partial charge in [-0.1, -0.05) is 23.7 Å². The highest BCUT2D eigenvalue weighted by molar-refractivity contribution is 7.99. The van der Waals surface area contributed by atoms with E-state index in [0.717, 1.165) is 29.2 Å². The van der Waals surface area contributed by atoms with Gasteiger partial charge in [0, 0.05) is 10.6 Å². The lowest BCUT2D eigenvalue weighted by Crippen LogP contribution is -1.90. The predicted molar refractivity (Wildman–Crippen MR) is 85.8 cm³/mol. The Labute approximate surface area is 123 Å². The second-order valence-corrected chi connectivity index (χ2v) is 5.95. The van der Waals surface area contributed by atoms with Gasteiger partial charge >= 0.3 is 0 Å². The molecule has 0 aliphatic heterocycles. The van der Waals surface area contributed by atoms with Crippen molar-refractivity contribution in [3.05, 3.63) is 53.1 Å². The van der Waals surface area contributed by atoms with E-state index in [9.17, 15) is 0 Å². The molecule has 0 fully saturated rings. The number of benzene rings is 2. The number of thioether (sulfide) groups is 1. The minimum absolute atomic E-state index is 0.628. The minimum Gasteiger partial charge on any atom is -0.399 e. The lowest BCUT2D eigenvalue weighted by molar-refractivity contribution is 0.933. The molecule has 0 bridgehead atoms. The van der Waals surface area contributed by atoms with E-state index in [1.165, 1.54) is 5.56 Å². The van der Waals surface area contributed by atoms with Crippen molar-refractivity contribution in [3.63, 3.8) is 0 Å². The predicted octanol–water partition coefficient (Wildman–Crippen LogP) is 4.23. The Hall–Kier alpha value is -1.32. The molecule has 0 spiro atoms. The number of nitrogens with two attached hydrogens (primary N) is 2. The molecular formula is C15H17ClN2S. The number of halogens is 1. The van der Waals surface area contributed by atoms with Crippen molar-refractivity contribution < 1.29 is 0 Å². The standard InChI is InChI=1S/C15H17ClN2S/c16-14-10-13(7-8-15(14)18)19-9-1-2-11-3-5-12(17)6-4-11/h3-8,10H,1-2,9,17-18H2. The van der Waals surface area contributed by atoms with Gasteiger partial charge in [0.05, 0.1) is 10.7 Å². The summed E-state index contributed by atoms with van der Waals surface area (Å²) in [7, 11) is 0. The van der Waals surface area contributed by atoms with E-state index < -0.39 is 0 Å². The molecule has 0 aliphatic rings. The monoisotopic (exact) mass is 292 g/mol. The fourth-order valence-corrected chi connectivity index (χ4v) is 2.88. The highest BCUT2D eigenvalue weighted by Gasteiger charge is 2.00. The van der Waals surface area contributed by atoms with Gasteiger partial charge in [-0.3, -0.25) is 0 Å². The van der Waals surface area contributed by atoms with Gasteiger partial charge in [0.2, 0.25) is 0 Å². The van der Waals surface area contributed by atoms with Gasteiger partial charge in [-0.25, -0.2) is 0 Å². The van der Waals surface area contributed by atoms with Crippen molar-refractivity contribution in [2.45, 2.75) is 17.7 Å². The van der Waals surface area contributed by atoms with Gasteiger partial charge in [0.25, 0.3) is 0 Å². The lowest BCUT2D eigenvalue weighted by atomic mass is 10.1. The minimum atomic E-state index is 0.628. The van der Waals surface area contributed by atoms with Crippen molar-refractivity contribution in [2.24, 2.45) is 0 Å². The normalized spacial score (nSPS) is 10.6. The second-order valence-electron chi connectivity index (χ2n) is 4.38. The third-order valence-corrected chi connectivity index (χ3v) is 4.24. The summed E-state index contributed by atoms with van der Waals surface area (Å²) in [4.78, 5) is 1.16. The highest BCUT2D eigenvalue weighted by Crippen LogP contribution is 2.26. The van der Waals surface area contributed by atoms with Gasteiger partial charge in [-0.15, -0.1) is 11.8 Å². The van der Waals surface area contributed by atoms with Crippen LogP contribution in [0.2, 0.25) is 5.02 Å². The Morgan fingerprint density at radius 1 is 1.00 bits per heavy atom. The van der Waals surface area contributed by atoms with E-state index in [1.54, 1.807) is 11.8 Å². The topological polar surface area (TPSA) is 52.0 Å². The van der Waals surface area contributed by atoms with E-state index in [-0.39, 0.29) is 0 Å². The molecule has 0 saturated carbocycles. The molecule has 2 nitrogen and oxygen atoms in total. The summed E-state index contributed by atoms with van der Waals surface area (Å²) in [6, 6.07) is 13.8. The molecule has 0 saturated heterocycles. The molecule has 2 aromatic carbocycles. The third-order valence-electron chi connectivity index (χ3n) is 2.83. The van der Waals surface area contributed by atoms with Crippen LogP contribution in [0.3, 0.4) is 0 Å². The summed E-state index contributed by atoms with van der Waals surface area (Å²) in [6.45, 7) is 0. The third kappa shape index (κ3) is 4.37. The lowest BCUT2D eigenvalue weighted by Gasteiger charge is -2.04. The molecule has 100 valence electrons. The molecule has 0 unspecified atom stereocenters. The zero-order valence-electron chi connectivity index (χ0n) is 10.6.